The monoisotopic (exact) mass is 421 g/mol. The Morgan fingerprint density at radius 1 is 0.903 bits per heavy atom. The first-order valence-corrected chi connectivity index (χ1v) is 9.38. The van der Waals surface area contributed by atoms with Gasteiger partial charge in [0, 0.05) is 16.8 Å². The van der Waals surface area contributed by atoms with Crippen molar-refractivity contribution in [2.24, 2.45) is 0 Å². The van der Waals surface area contributed by atoms with Crippen LogP contribution in [0.1, 0.15) is 17.2 Å². The van der Waals surface area contributed by atoms with Crippen molar-refractivity contribution in [3.63, 3.8) is 0 Å². The number of aliphatic hydroxyl groups excluding tert-OH is 1. The molecule has 1 fully saturated rings. The van der Waals surface area contributed by atoms with Crippen molar-refractivity contribution in [2.75, 3.05) is 12.0 Å². The maximum atomic E-state index is 13.5. The van der Waals surface area contributed by atoms with Gasteiger partial charge in [-0.25, -0.2) is 8.78 Å². The molecule has 3 aromatic rings. The lowest BCUT2D eigenvalue weighted by Crippen LogP contribution is -2.29. The third-order valence-corrected chi connectivity index (χ3v) is 5.10. The molecule has 0 radical (unpaired) electrons. The van der Waals surface area contributed by atoms with Crippen molar-refractivity contribution < 1.29 is 28.2 Å². The molecular weight excluding hydrogens is 404 g/mol. The minimum absolute atomic E-state index is 0.176. The van der Waals surface area contributed by atoms with Crippen LogP contribution in [-0.4, -0.2) is 23.9 Å². The third-order valence-electron chi connectivity index (χ3n) is 5.10. The van der Waals surface area contributed by atoms with E-state index in [1.807, 2.05) is 0 Å². The highest BCUT2D eigenvalue weighted by Crippen LogP contribution is 2.44. The van der Waals surface area contributed by atoms with Crippen LogP contribution in [0.15, 0.2) is 78.4 Å². The summed E-state index contributed by atoms with van der Waals surface area (Å²) in [5.74, 6) is -2.86. The summed E-state index contributed by atoms with van der Waals surface area (Å²) < 4.78 is 32.2. The van der Waals surface area contributed by atoms with Gasteiger partial charge >= 0.3 is 0 Å². The van der Waals surface area contributed by atoms with E-state index < -0.39 is 35.1 Å². The minimum atomic E-state index is -1.04. The van der Waals surface area contributed by atoms with Crippen LogP contribution in [0, 0.1) is 11.6 Å². The summed E-state index contributed by atoms with van der Waals surface area (Å²) in [6.45, 7) is 0. The number of carbonyl (C=O) groups is 2. The van der Waals surface area contributed by atoms with Gasteiger partial charge in [-0.15, -0.1) is 0 Å². The zero-order valence-electron chi connectivity index (χ0n) is 16.4. The van der Waals surface area contributed by atoms with Crippen LogP contribution in [0.2, 0.25) is 0 Å². The normalized spacial score (nSPS) is 17.8. The number of carbonyl (C=O) groups excluding carboxylic acids is 2. The average molecular weight is 421 g/mol. The van der Waals surface area contributed by atoms with E-state index in [2.05, 4.69) is 0 Å². The number of methoxy groups -OCH3 is 1. The second-order valence-electron chi connectivity index (χ2n) is 6.89. The summed E-state index contributed by atoms with van der Waals surface area (Å²) in [4.78, 5) is 27.2. The highest BCUT2D eigenvalue weighted by Gasteiger charge is 2.47. The number of ether oxygens (including phenoxy) is 1. The number of Topliss-reactive ketones (excluding diaryl/α,β-unsaturated/α-hetero) is 1. The van der Waals surface area contributed by atoms with Crippen LogP contribution in [0.25, 0.3) is 5.76 Å². The number of hydrogen-bond acceptors (Lipinski definition) is 4. The maximum Gasteiger partial charge on any atom is 0.300 e. The average Bonchev–Trinajstić information content (AvgIpc) is 3.05. The number of anilines is 1. The van der Waals surface area contributed by atoms with E-state index >= 15 is 0 Å². The minimum Gasteiger partial charge on any atom is -0.507 e. The second-order valence-corrected chi connectivity index (χ2v) is 6.89. The van der Waals surface area contributed by atoms with Crippen molar-refractivity contribution >= 4 is 23.1 Å². The molecule has 3 aromatic carbocycles. The van der Waals surface area contributed by atoms with E-state index in [4.69, 9.17) is 4.74 Å². The van der Waals surface area contributed by atoms with Gasteiger partial charge in [-0.1, -0.05) is 18.2 Å². The molecule has 1 saturated heterocycles. The maximum absolute atomic E-state index is 13.5. The Kier molecular flexibility index (Phi) is 5.25. The lowest BCUT2D eigenvalue weighted by Gasteiger charge is -2.26. The van der Waals surface area contributed by atoms with Crippen molar-refractivity contribution in [2.45, 2.75) is 6.04 Å². The summed E-state index contributed by atoms with van der Waals surface area (Å²) in [5, 5.41) is 11.0. The molecule has 0 spiro atoms. The highest BCUT2D eigenvalue weighted by molar-refractivity contribution is 6.51. The Bertz CT molecular complexity index is 1190. The van der Waals surface area contributed by atoms with Crippen LogP contribution in [0.3, 0.4) is 0 Å². The number of hydrogen-bond donors (Lipinski definition) is 1. The summed E-state index contributed by atoms with van der Waals surface area (Å²) in [7, 11) is 1.45. The molecule has 1 aliphatic rings. The van der Waals surface area contributed by atoms with E-state index in [-0.39, 0.29) is 16.8 Å². The van der Waals surface area contributed by atoms with Crippen molar-refractivity contribution in [3.05, 3.63) is 101 Å². The number of ketones is 1. The molecule has 1 unspecified atom stereocenters. The first-order chi connectivity index (χ1) is 14.9. The van der Waals surface area contributed by atoms with Crippen molar-refractivity contribution in [3.8, 4) is 5.75 Å². The molecule has 31 heavy (non-hydrogen) atoms. The number of rotatable bonds is 4. The largest absolute Gasteiger partial charge is 0.507 e. The number of para-hydroxylation sites is 1. The molecule has 1 aliphatic heterocycles. The second kappa shape index (κ2) is 8.02. The van der Waals surface area contributed by atoms with Crippen LogP contribution < -0.4 is 9.64 Å². The van der Waals surface area contributed by atoms with E-state index in [1.54, 1.807) is 24.3 Å². The number of halogens is 2. The molecule has 156 valence electrons. The first-order valence-electron chi connectivity index (χ1n) is 9.38. The molecule has 1 heterocycles. The Morgan fingerprint density at radius 3 is 2.10 bits per heavy atom. The van der Waals surface area contributed by atoms with E-state index in [0.29, 0.717) is 11.3 Å². The standard InChI is InChI=1S/C24H17F2NO4/c1-31-19-5-3-2-4-18(19)21-20(22(28)14-6-8-15(25)9-7-14)23(29)24(30)27(21)17-12-10-16(26)11-13-17/h2-13,21,28H,1H3. The summed E-state index contributed by atoms with van der Waals surface area (Å²) in [6, 6.07) is 15.8. The number of benzene rings is 3. The van der Waals surface area contributed by atoms with E-state index in [9.17, 15) is 23.5 Å². The summed E-state index contributed by atoms with van der Waals surface area (Å²) in [6.07, 6.45) is 0. The van der Waals surface area contributed by atoms with Crippen LogP contribution in [-0.2, 0) is 9.59 Å². The topological polar surface area (TPSA) is 66.8 Å². The summed E-state index contributed by atoms with van der Waals surface area (Å²) >= 11 is 0. The van der Waals surface area contributed by atoms with Gasteiger partial charge < -0.3 is 9.84 Å². The number of nitrogens with zero attached hydrogens (tertiary/aromatic N) is 1. The number of amides is 1. The Hall–Kier alpha value is -4.00. The predicted molar refractivity (Wildman–Crippen MR) is 111 cm³/mol. The lowest BCUT2D eigenvalue weighted by atomic mass is 9.94. The molecular formula is C24H17F2NO4. The lowest BCUT2D eigenvalue weighted by molar-refractivity contribution is -0.132. The molecule has 0 aromatic heterocycles. The SMILES string of the molecule is COc1ccccc1C1C(=C(O)c2ccc(F)cc2)C(=O)C(=O)N1c1ccc(F)cc1. The van der Waals surface area contributed by atoms with Crippen LogP contribution in [0.5, 0.6) is 5.75 Å². The van der Waals surface area contributed by atoms with E-state index in [1.165, 1.54) is 48.4 Å². The van der Waals surface area contributed by atoms with Gasteiger partial charge in [-0.05, 0) is 54.6 Å². The van der Waals surface area contributed by atoms with Crippen molar-refractivity contribution in [1.29, 1.82) is 0 Å². The van der Waals surface area contributed by atoms with Crippen LogP contribution >= 0.6 is 0 Å². The Balaban J connectivity index is 1.97. The molecule has 7 heteroatoms. The molecule has 1 atom stereocenters. The Labute approximate surface area is 176 Å². The van der Waals surface area contributed by atoms with Gasteiger partial charge in [0.1, 0.15) is 23.1 Å². The van der Waals surface area contributed by atoms with Crippen molar-refractivity contribution in [1.82, 2.24) is 0 Å². The van der Waals surface area contributed by atoms with Gasteiger partial charge in [0.15, 0.2) is 0 Å². The zero-order valence-corrected chi connectivity index (χ0v) is 16.4. The summed E-state index contributed by atoms with van der Waals surface area (Å²) in [5.41, 5.74) is 0.735. The quantitative estimate of drug-likeness (QED) is 0.380. The van der Waals surface area contributed by atoms with Gasteiger partial charge in [0.05, 0.1) is 18.7 Å². The fourth-order valence-corrected chi connectivity index (χ4v) is 3.65. The molecule has 1 amide bonds. The molecule has 4 rings (SSSR count). The predicted octanol–water partition coefficient (Wildman–Crippen LogP) is 4.60. The first kappa shape index (κ1) is 20.3. The fourth-order valence-electron chi connectivity index (χ4n) is 3.65. The smallest absolute Gasteiger partial charge is 0.300 e. The fraction of sp³-hybridized carbons (Fsp3) is 0.0833. The van der Waals surface area contributed by atoms with Crippen LogP contribution in [0.4, 0.5) is 14.5 Å². The molecule has 0 saturated carbocycles. The Morgan fingerprint density at radius 2 is 1.48 bits per heavy atom. The van der Waals surface area contributed by atoms with Gasteiger partial charge in [-0.2, -0.15) is 0 Å². The highest BCUT2D eigenvalue weighted by atomic mass is 19.1. The van der Waals surface area contributed by atoms with Gasteiger partial charge in [-0.3, -0.25) is 14.5 Å². The van der Waals surface area contributed by atoms with Gasteiger partial charge in [0.25, 0.3) is 11.7 Å². The molecule has 0 aliphatic carbocycles. The zero-order chi connectivity index (χ0) is 22.1. The third kappa shape index (κ3) is 3.54. The molecule has 1 N–H and O–H groups in total. The molecule has 0 bridgehead atoms. The molecule has 5 nitrogen and oxygen atoms in total. The van der Waals surface area contributed by atoms with E-state index in [0.717, 1.165) is 12.1 Å². The van der Waals surface area contributed by atoms with Gasteiger partial charge in [0.2, 0.25) is 0 Å². The number of aliphatic hydroxyl groups is 1.